The maximum absolute atomic E-state index is 8.61. The van der Waals surface area contributed by atoms with Crippen molar-refractivity contribution < 1.29 is 9.84 Å². The van der Waals surface area contributed by atoms with Gasteiger partial charge in [0.1, 0.15) is 0 Å². The lowest BCUT2D eigenvalue weighted by Gasteiger charge is -2.11. The summed E-state index contributed by atoms with van der Waals surface area (Å²) in [5.41, 5.74) is 0. The van der Waals surface area contributed by atoms with E-state index in [1.807, 2.05) is 0 Å². The monoisotopic (exact) mass is 175 g/mol. The van der Waals surface area contributed by atoms with E-state index in [9.17, 15) is 0 Å². The Morgan fingerprint density at radius 1 is 1.42 bits per heavy atom. The van der Waals surface area contributed by atoms with Crippen LogP contribution in [0.2, 0.25) is 0 Å². The molecule has 0 radical (unpaired) electrons. The number of nitrogens with one attached hydrogen (secondary N) is 1. The van der Waals surface area contributed by atoms with Crippen LogP contribution in [-0.2, 0) is 4.74 Å². The van der Waals surface area contributed by atoms with E-state index in [0.717, 1.165) is 32.6 Å². The molecule has 12 heavy (non-hydrogen) atoms. The molecule has 0 aromatic carbocycles. The molecule has 0 heterocycles. The van der Waals surface area contributed by atoms with Crippen molar-refractivity contribution in [3.63, 3.8) is 0 Å². The van der Waals surface area contributed by atoms with E-state index in [-0.39, 0.29) is 6.61 Å². The minimum atomic E-state index is 0.254. The molecule has 0 saturated heterocycles. The molecule has 1 atom stereocenters. The van der Waals surface area contributed by atoms with Gasteiger partial charge in [-0.3, -0.25) is 0 Å². The van der Waals surface area contributed by atoms with Crippen LogP contribution in [0.1, 0.15) is 26.7 Å². The Bertz CT molecular complexity index is 88.6. The SMILES string of the molecule is CCCOCCNC(C)CCO. The molecule has 3 nitrogen and oxygen atoms in total. The molecule has 74 valence electrons. The summed E-state index contributed by atoms with van der Waals surface area (Å²) < 4.78 is 5.29. The van der Waals surface area contributed by atoms with E-state index < -0.39 is 0 Å². The number of aliphatic hydroxyl groups excluding tert-OH is 1. The molecule has 0 rings (SSSR count). The predicted molar refractivity (Wildman–Crippen MR) is 50.3 cm³/mol. The Balaban J connectivity index is 2.97. The molecular weight excluding hydrogens is 154 g/mol. The summed E-state index contributed by atoms with van der Waals surface area (Å²) in [6.45, 7) is 6.91. The quantitative estimate of drug-likeness (QED) is 0.535. The zero-order valence-electron chi connectivity index (χ0n) is 8.18. The van der Waals surface area contributed by atoms with Crippen molar-refractivity contribution >= 4 is 0 Å². The van der Waals surface area contributed by atoms with Crippen molar-refractivity contribution in [3.05, 3.63) is 0 Å². The topological polar surface area (TPSA) is 41.5 Å². The van der Waals surface area contributed by atoms with Crippen LogP contribution in [0, 0.1) is 0 Å². The van der Waals surface area contributed by atoms with Crippen LogP contribution < -0.4 is 5.32 Å². The van der Waals surface area contributed by atoms with Gasteiger partial charge in [-0.2, -0.15) is 0 Å². The van der Waals surface area contributed by atoms with Gasteiger partial charge in [-0.1, -0.05) is 6.92 Å². The number of ether oxygens (including phenoxy) is 1. The largest absolute Gasteiger partial charge is 0.396 e. The zero-order chi connectivity index (χ0) is 9.23. The van der Waals surface area contributed by atoms with Crippen molar-refractivity contribution in [1.29, 1.82) is 0 Å². The van der Waals surface area contributed by atoms with Gasteiger partial charge in [0.25, 0.3) is 0 Å². The molecule has 0 fully saturated rings. The third-order valence-corrected chi connectivity index (χ3v) is 1.65. The molecule has 1 unspecified atom stereocenters. The molecule has 0 aliphatic rings. The van der Waals surface area contributed by atoms with E-state index >= 15 is 0 Å². The summed E-state index contributed by atoms with van der Waals surface area (Å²) in [5.74, 6) is 0. The number of aliphatic hydroxyl groups is 1. The molecule has 2 N–H and O–H groups in total. The Morgan fingerprint density at radius 3 is 2.75 bits per heavy atom. The summed E-state index contributed by atoms with van der Waals surface area (Å²) in [4.78, 5) is 0. The van der Waals surface area contributed by atoms with E-state index in [1.165, 1.54) is 0 Å². The summed E-state index contributed by atoms with van der Waals surface area (Å²) in [7, 11) is 0. The van der Waals surface area contributed by atoms with Gasteiger partial charge in [-0.25, -0.2) is 0 Å². The van der Waals surface area contributed by atoms with Crippen LogP contribution in [0.4, 0.5) is 0 Å². The Labute approximate surface area is 75.1 Å². The second-order valence-electron chi connectivity index (χ2n) is 2.98. The van der Waals surface area contributed by atoms with Gasteiger partial charge in [0.05, 0.1) is 6.61 Å². The summed E-state index contributed by atoms with van der Waals surface area (Å²) in [5, 5.41) is 11.9. The standard InChI is InChI=1S/C9H21NO2/c1-3-7-12-8-5-10-9(2)4-6-11/h9-11H,3-8H2,1-2H3. The highest BCUT2D eigenvalue weighted by Gasteiger charge is 1.97. The minimum Gasteiger partial charge on any atom is -0.396 e. The first-order chi connectivity index (χ1) is 5.81. The molecular formula is C9H21NO2. The zero-order valence-corrected chi connectivity index (χ0v) is 8.18. The molecule has 0 saturated carbocycles. The third kappa shape index (κ3) is 7.98. The maximum atomic E-state index is 8.61. The fourth-order valence-electron chi connectivity index (χ4n) is 0.920. The number of hydrogen-bond donors (Lipinski definition) is 2. The Morgan fingerprint density at radius 2 is 2.17 bits per heavy atom. The lowest BCUT2D eigenvalue weighted by molar-refractivity contribution is 0.133. The highest BCUT2D eigenvalue weighted by atomic mass is 16.5. The second kappa shape index (κ2) is 8.97. The molecule has 0 amide bonds. The number of hydrogen-bond acceptors (Lipinski definition) is 3. The second-order valence-corrected chi connectivity index (χ2v) is 2.98. The number of rotatable bonds is 8. The van der Waals surface area contributed by atoms with Crippen molar-refractivity contribution in [3.8, 4) is 0 Å². The van der Waals surface area contributed by atoms with Crippen LogP contribution in [0.25, 0.3) is 0 Å². The van der Waals surface area contributed by atoms with Gasteiger partial charge in [-0.05, 0) is 19.8 Å². The van der Waals surface area contributed by atoms with E-state index in [4.69, 9.17) is 9.84 Å². The van der Waals surface area contributed by atoms with Crippen LogP contribution in [0.5, 0.6) is 0 Å². The molecule has 0 aliphatic carbocycles. The summed E-state index contributed by atoms with van der Waals surface area (Å²) in [6, 6.07) is 0.389. The van der Waals surface area contributed by atoms with Gasteiger partial charge in [0, 0.05) is 25.8 Å². The summed E-state index contributed by atoms with van der Waals surface area (Å²) >= 11 is 0. The Kier molecular flexibility index (Phi) is 8.88. The van der Waals surface area contributed by atoms with Crippen molar-refractivity contribution in [1.82, 2.24) is 5.32 Å². The van der Waals surface area contributed by atoms with Crippen LogP contribution in [-0.4, -0.2) is 37.5 Å². The van der Waals surface area contributed by atoms with Crippen molar-refractivity contribution in [2.24, 2.45) is 0 Å². The van der Waals surface area contributed by atoms with E-state index in [2.05, 4.69) is 19.2 Å². The smallest absolute Gasteiger partial charge is 0.0590 e. The first kappa shape index (κ1) is 11.9. The van der Waals surface area contributed by atoms with Crippen molar-refractivity contribution in [2.45, 2.75) is 32.7 Å². The Hall–Kier alpha value is -0.120. The average molecular weight is 175 g/mol. The lowest BCUT2D eigenvalue weighted by Crippen LogP contribution is -2.30. The molecule has 0 aromatic rings. The maximum Gasteiger partial charge on any atom is 0.0590 e. The van der Waals surface area contributed by atoms with Gasteiger partial charge < -0.3 is 15.2 Å². The average Bonchev–Trinajstić information content (AvgIpc) is 2.05. The fourth-order valence-corrected chi connectivity index (χ4v) is 0.920. The van der Waals surface area contributed by atoms with Gasteiger partial charge in [-0.15, -0.1) is 0 Å². The highest BCUT2D eigenvalue weighted by Crippen LogP contribution is 1.87. The van der Waals surface area contributed by atoms with Gasteiger partial charge in [0.15, 0.2) is 0 Å². The lowest BCUT2D eigenvalue weighted by atomic mass is 10.2. The van der Waals surface area contributed by atoms with Crippen molar-refractivity contribution in [2.75, 3.05) is 26.4 Å². The predicted octanol–water partition coefficient (Wildman–Crippen LogP) is 0.774. The normalized spacial score (nSPS) is 13.2. The van der Waals surface area contributed by atoms with E-state index in [1.54, 1.807) is 0 Å². The molecule has 0 aromatic heterocycles. The minimum absolute atomic E-state index is 0.254. The van der Waals surface area contributed by atoms with Crippen LogP contribution in [0.15, 0.2) is 0 Å². The summed E-state index contributed by atoms with van der Waals surface area (Å²) in [6.07, 6.45) is 1.89. The molecule has 3 heteroatoms. The highest BCUT2D eigenvalue weighted by molar-refractivity contribution is 4.58. The van der Waals surface area contributed by atoms with Gasteiger partial charge in [0.2, 0.25) is 0 Å². The van der Waals surface area contributed by atoms with Crippen LogP contribution in [0.3, 0.4) is 0 Å². The fraction of sp³-hybridized carbons (Fsp3) is 1.00. The first-order valence-corrected chi connectivity index (χ1v) is 4.73. The first-order valence-electron chi connectivity index (χ1n) is 4.73. The van der Waals surface area contributed by atoms with E-state index in [0.29, 0.717) is 6.04 Å². The van der Waals surface area contributed by atoms with Gasteiger partial charge >= 0.3 is 0 Å². The van der Waals surface area contributed by atoms with Crippen LogP contribution >= 0.6 is 0 Å². The molecule has 0 spiro atoms. The molecule has 0 bridgehead atoms. The third-order valence-electron chi connectivity index (χ3n) is 1.65. The molecule has 0 aliphatic heterocycles.